The van der Waals surface area contributed by atoms with E-state index in [1.165, 1.54) is 122 Å². The van der Waals surface area contributed by atoms with Crippen LogP contribution in [0.1, 0.15) is 182 Å². The molecule has 0 saturated heterocycles. The molecular formula is C46H66N4. The van der Waals surface area contributed by atoms with Crippen LogP contribution in [0.25, 0.3) is 45.4 Å². The Hall–Kier alpha value is -3.40. The number of aryl methyl sites for hydroxylation is 8. The maximum absolute atomic E-state index is 5.84. The minimum Gasteiger partial charge on any atom is -0.355 e. The highest BCUT2D eigenvalue weighted by Crippen LogP contribution is 2.42. The van der Waals surface area contributed by atoms with Gasteiger partial charge in [-0.05, 0) is 124 Å². The van der Waals surface area contributed by atoms with Crippen LogP contribution < -0.4 is 0 Å². The van der Waals surface area contributed by atoms with E-state index >= 15 is 0 Å². The van der Waals surface area contributed by atoms with Gasteiger partial charge in [-0.15, -0.1) is 0 Å². The van der Waals surface area contributed by atoms with Crippen LogP contribution in [0.4, 0.5) is 0 Å². The molecular weight excluding hydrogens is 609 g/mol. The first-order valence-corrected chi connectivity index (χ1v) is 20.6. The zero-order chi connectivity index (χ0) is 35.9. The minimum atomic E-state index is 0.936. The van der Waals surface area contributed by atoms with Crippen LogP contribution in [0.2, 0.25) is 0 Å². The Balaban J connectivity index is 2.16. The first kappa shape index (κ1) is 37.8. The first-order chi connectivity index (χ1) is 24.4. The van der Waals surface area contributed by atoms with Gasteiger partial charge < -0.3 is 9.55 Å². The fourth-order valence-corrected chi connectivity index (χ4v) is 8.98. The zero-order valence-corrected chi connectivity index (χ0v) is 33.4. The molecule has 4 nitrogen and oxygen atoms in total. The molecule has 8 bridgehead atoms. The third kappa shape index (κ3) is 6.81. The van der Waals surface area contributed by atoms with Crippen molar-refractivity contribution in [2.75, 3.05) is 0 Å². The number of aromatic nitrogens is 4. The molecule has 0 saturated carbocycles. The Morgan fingerprint density at radius 2 is 1.04 bits per heavy atom. The second kappa shape index (κ2) is 17.2. The summed E-state index contributed by atoms with van der Waals surface area (Å²) < 4.78 is 2.69. The maximum Gasteiger partial charge on any atom is 0.0725 e. The van der Waals surface area contributed by atoms with Gasteiger partial charge in [0.2, 0.25) is 0 Å². The standard InChI is InChI=1S/C46H66N4/c1-11-21-23-25-37-40-28-27-39(47-40)35(18-8)45-33(16-6)34(17-7)46(50(45)20-10)38(26-24-22-12-2)44-32(15-5)31(14-4)43(49-44)36(19-9)42-30(13-3)29-41(37)48-42/h27-29,48H,11-26H2,1-10H3. The fourth-order valence-electron chi connectivity index (χ4n) is 8.98. The van der Waals surface area contributed by atoms with Crippen molar-refractivity contribution < 1.29 is 0 Å². The molecule has 0 radical (unpaired) electrons. The number of hydrogen-bond donors (Lipinski definition) is 1. The number of nitrogens with zero attached hydrogens (tertiary/aromatic N) is 3. The molecule has 270 valence electrons. The van der Waals surface area contributed by atoms with Crippen LogP contribution in [-0.2, 0) is 51.5 Å². The SMILES string of the molecule is CCCCCc1c2nc(c(CC)c3c(CC)c(CC)c(c(CCCCC)c4nc(c(CC)c5[nH]c1cc5CC)C(CC)=C4CC)n3CC)C=C2. The van der Waals surface area contributed by atoms with E-state index < -0.39 is 0 Å². The molecule has 0 amide bonds. The molecule has 3 aromatic heterocycles. The van der Waals surface area contributed by atoms with Gasteiger partial charge in [0.25, 0.3) is 0 Å². The Morgan fingerprint density at radius 3 is 1.54 bits per heavy atom. The number of aromatic amines is 1. The van der Waals surface area contributed by atoms with Crippen LogP contribution in [-0.4, -0.2) is 19.5 Å². The predicted molar refractivity (Wildman–Crippen MR) is 220 cm³/mol. The minimum absolute atomic E-state index is 0.936. The van der Waals surface area contributed by atoms with Crippen LogP contribution in [0.15, 0.2) is 6.07 Å². The van der Waals surface area contributed by atoms with Gasteiger partial charge in [0, 0.05) is 39.8 Å². The molecule has 2 aliphatic rings. The summed E-state index contributed by atoms with van der Waals surface area (Å²) in [6.45, 7) is 24.3. The summed E-state index contributed by atoms with van der Waals surface area (Å²) in [6, 6.07) is 2.44. The summed E-state index contributed by atoms with van der Waals surface area (Å²) in [7, 11) is 0. The number of H-pyrrole nitrogens is 1. The molecule has 0 spiro atoms. The molecule has 5 rings (SSSR count). The Morgan fingerprint density at radius 1 is 0.520 bits per heavy atom. The second-order valence-corrected chi connectivity index (χ2v) is 14.3. The lowest BCUT2D eigenvalue weighted by molar-refractivity contribution is 0.713. The number of fused-ring (bicyclic) bond motifs is 8. The molecule has 0 fully saturated rings. The van der Waals surface area contributed by atoms with E-state index in [1.807, 2.05) is 0 Å². The van der Waals surface area contributed by atoms with E-state index in [1.54, 1.807) is 0 Å². The summed E-state index contributed by atoms with van der Waals surface area (Å²) in [5, 5.41) is 0. The smallest absolute Gasteiger partial charge is 0.0725 e. The summed E-state index contributed by atoms with van der Waals surface area (Å²) in [5.74, 6) is 0. The van der Waals surface area contributed by atoms with E-state index in [4.69, 9.17) is 9.97 Å². The van der Waals surface area contributed by atoms with Crippen molar-refractivity contribution in [3.8, 4) is 0 Å². The number of nitrogens with one attached hydrogen (secondary N) is 1. The predicted octanol–water partition coefficient (Wildman–Crippen LogP) is 13.0. The van der Waals surface area contributed by atoms with Gasteiger partial charge in [-0.3, -0.25) is 0 Å². The van der Waals surface area contributed by atoms with Gasteiger partial charge in [-0.25, -0.2) is 9.97 Å². The molecule has 5 heterocycles. The quantitative estimate of drug-likeness (QED) is 0.120. The van der Waals surface area contributed by atoms with Crippen molar-refractivity contribution in [2.24, 2.45) is 0 Å². The normalized spacial score (nSPS) is 12.9. The van der Waals surface area contributed by atoms with Crippen LogP contribution in [0, 0.1) is 0 Å². The fraction of sp³-hybridized carbons (Fsp3) is 0.565. The van der Waals surface area contributed by atoms with E-state index in [2.05, 4.69) is 97.0 Å². The molecule has 2 aliphatic heterocycles. The number of rotatable bonds is 16. The van der Waals surface area contributed by atoms with Crippen molar-refractivity contribution in [3.05, 3.63) is 67.8 Å². The van der Waals surface area contributed by atoms with Crippen molar-refractivity contribution in [2.45, 2.75) is 172 Å². The Kier molecular flexibility index (Phi) is 13.0. The number of unbranched alkanes of at least 4 members (excludes halogenated alkanes) is 4. The molecule has 0 atom stereocenters. The van der Waals surface area contributed by atoms with E-state index in [9.17, 15) is 0 Å². The molecule has 50 heavy (non-hydrogen) atoms. The van der Waals surface area contributed by atoms with E-state index in [0.29, 0.717) is 0 Å². The van der Waals surface area contributed by atoms with Gasteiger partial charge in [-0.1, -0.05) is 88.0 Å². The van der Waals surface area contributed by atoms with Crippen molar-refractivity contribution in [1.29, 1.82) is 0 Å². The molecule has 0 aliphatic carbocycles. The third-order valence-electron chi connectivity index (χ3n) is 11.4. The van der Waals surface area contributed by atoms with Gasteiger partial charge in [0.1, 0.15) is 0 Å². The second-order valence-electron chi connectivity index (χ2n) is 14.3. The average Bonchev–Trinajstić information content (AvgIpc) is 3.92. The van der Waals surface area contributed by atoms with Crippen molar-refractivity contribution in [1.82, 2.24) is 19.5 Å². The molecule has 3 aromatic rings. The van der Waals surface area contributed by atoms with E-state index in [-0.39, 0.29) is 0 Å². The van der Waals surface area contributed by atoms with Crippen molar-refractivity contribution in [3.63, 3.8) is 0 Å². The van der Waals surface area contributed by atoms with Crippen molar-refractivity contribution >= 4 is 45.4 Å². The molecule has 0 aromatic carbocycles. The molecule has 0 unspecified atom stereocenters. The Bertz CT molecular complexity index is 1910. The zero-order valence-electron chi connectivity index (χ0n) is 33.4. The summed E-state index contributed by atoms with van der Waals surface area (Å²) in [5.41, 5.74) is 23.1. The van der Waals surface area contributed by atoms with Gasteiger partial charge >= 0.3 is 0 Å². The number of allylic oxidation sites excluding steroid dienone is 2. The number of hydrogen-bond acceptors (Lipinski definition) is 2. The van der Waals surface area contributed by atoms with Gasteiger partial charge in [-0.2, -0.15) is 0 Å². The largest absolute Gasteiger partial charge is 0.355 e. The lowest BCUT2D eigenvalue weighted by atomic mass is 9.92. The van der Waals surface area contributed by atoms with Gasteiger partial charge in [0.05, 0.1) is 33.8 Å². The topological polar surface area (TPSA) is 46.5 Å². The highest BCUT2D eigenvalue weighted by molar-refractivity contribution is 5.97. The summed E-state index contributed by atoms with van der Waals surface area (Å²) >= 11 is 0. The highest BCUT2D eigenvalue weighted by atomic mass is 15.0. The van der Waals surface area contributed by atoms with E-state index in [0.717, 1.165) is 75.7 Å². The first-order valence-electron chi connectivity index (χ1n) is 20.6. The summed E-state index contributed by atoms with van der Waals surface area (Å²) in [6.07, 6.45) is 20.9. The average molecular weight is 675 g/mol. The van der Waals surface area contributed by atoms with Crippen LogP contribution in [0.3, 0.4) is 0 Å². The monoisotopic (exact) mass is 675 g/mol. The molecule has 4 heteroatoms. The Labute approximate surface area is 304 Å². The lowest BCUT2D eigenvalue weighted by Gasteiger charge is -2.14. The summed E-state index contributed by atoms with van der Waals surface area (Å²) in [4.78, 5) is 15.4. The highest BCUT2D eigenvalue weighted by Gasteiger charge is 2.27. The molecule has 1 N–H and O–H groups in total. The van der Waals surface area contributed by atoms with Crippen LogP contribution >= 0.6 is 0 Å². The van der Waals surface area contributed by atoms with Gasteiger partial charge in [0.15, 0.2) is 0 Å². The maximum atomic E-state index is 5.84. The van der Waals surface area contributed by atoms with Crippen LogP contribution in [0.5, 0.6) is 0 Å². The lowest BCUT2D eigenvalue weighted by Crippen LogP contribution is -2.03. The third-order valence-corrected chi connectivity index (χ3v) is 11.4.